The van der Waals surface area contributed by atoms with E-state index in [1.165, 1.54) is 4.88 Å². The Morgan fingerprint density at radius 1 is 1.35 bits per heavy atom. The molecule has 2 unspecified atom stereocenters. The number of hydrogen-bond acceptors (Lipinski definition) is 8. The Balaban J connectivity index is 1.25. The molecule has 1 aliphatic heterocycles. The van der Waals surface area contributed by atoms with Crippen LogP contribution in [0.4, 0.5) is 0 Å². The summed E-state index contributed by atoms with van der Waals surface area (Å²) in [4.78, 5) is 21.8. The fourth-order valence-corrected chi connectivity index (χ4v) is 3.57. The molecule has 1 aliphatic rings. The van der Waals surface area contributed by atoms with Crippen LogP contribution in [0, 0.1) is 0 Å². The SMILES string of the molecule is O=C(CCc1nc(-c2cccnc2)no1)NC1CC(c2cccs2)NN1. The molecule has 4 rings (SSSR count). The predicted molar refractivity (Wildman–Crippen MR) is 95.7 cm³/mol. The Morgan fingerprint density at radius 2 is 2.31 bits per heavy atom. The highest BCUT2D eigenvalue weighted by Gasteiger charge is 2.26. The van der Waals surface area contributed by atoms with E-state index in [1.807, 2.05) is 23.6 Å². The van der Waals surface area contributed by atoms with Crippen molar-refractivity contribution in [1.29, 1.82) is 0 Å². The lowest BCUT2D eigenvalue weighted by atomic mass is 10.1. The van der Waals surface area contributed by atoms with Gasteiger partial charge in [-0.1, -0.05) is 11.2 Å². The van der Waals surface area contributed by atoms with Crippen molar-refractivity contribution in [3.8, 4) is 11.4 Å². The molecule has 9 heteroatoms. The van der Waals surface area contributed by atoms with Crippen LogP contribution in [-0.4, -0.2) is 27.2 Å². The van der Waals surface area contributed by atoms with Crippen LogP contribution in [0.3, 0.4) is 0 Å². The Morgan fingerprint density at radius 3 is 3.12 bits per heavy atom. The lowest BCUT2D eigenvalue weighted by Crippen LogP contribution is -2.44. The van der Waals surface area contributed by atoms with Crippen LogP contribution < -0.4 is 16.2 Å². The first-order valence-corrected chi connectivity index (χ1v) is 9.23. The van der Waals surface area contributed by atoms with Crippen molar-refractivity contribution in [2.45, 2.75) is 31.5 Å². The number of hydrazine groups is 1. The van der Waals surface area contributed by atoms with Crippen molar-refractivity contribution in [1.82, 2.24) is 31.3 Å². The van der Waals surface area contributed by atoms with Crippen LogP contribution in [-0.2, 0) is 11.2 Å². The van der Waals surface area contributed by atoms with E-state index in [1.54, 1.807) is 23.7 Å². The molecule has 1 amide bonds. The second-order valence-corrected chi connectivity index (χ2v) is 6.95. The van der Waals surface area contributed by atoms with Gasteiger partial charge in [0.05, 0.1) is 12.2 Å². The molecule has 0 saturated carbocycles. The van der Waals surface area contributed by atoms with Crippen molar-refractivity contribution >= 4 is 17.2 Å². The lowest BCUT2D eigenvalue weighted by molar-refractivity contribution is -0.122. The molecule has 4 heterocycles. The summed E-state index contributed by atoms with van der Waals surface area (Å²) >= 11 is 1.70. The third kappa shape index (κ3) is 3.96. The summed E-state index contributed by atoms with van der Waals surface area (Å²) in [5.41, 5.74) is 7.11. The molecule has 3 N–H and O–H groups in total. The zero-order valence-corrected chi connectivity index (χ0v) is 14.7. The third-order valence-corrected chi connectivity index (χ3v) is 5.06. The van der Waals surface area contributed by atoms with Crippen molar-refractivity contribution in [3.63, 3.8) is 0 Å². The number of amides is 1. The van der Waals surface area contributed by atoms with Gasteiger partial charge >= 0.3 is 0 Å². The van der Waals surface area contributed by atoms with Gasteiger partial charge in [0.2, 0.25) is 17.6 Å². The van der Waals surface area contributed by atoms with Gasteiger partial charge in [0, 0.05) is 42.1 Å². The molecule has 0 spiro atoms. The topological polar surface area (TPSA) is 105 Å². The summed E-state index contributed by atoms with van der Waals surface area (Å²) in [7, 11) is 0. The fourth-order valence-electron chi connectivity index (χ4n) is 2.78. The van der Waals surface area contributed by atoms with E-state index in [-0.39, 0.29) is 24.5 Å². The second kappa shape index (κ2) is 7.73. The van der Waals surface area contributed by atoms with E-state index in [9.17, 15) is 4.79 Å². The maximum atomic E-state index is 12.2. The summed E-state index contributed by atoms with van der Waals surface area (Å²) in [6.45, 7) is 0. The van der Waals surface area contributed by atoms with Crippen molar-refractivity contribution in [2.24, 2.45) is 0 Å². The summed E-state index contributed by atoms with van der Waals surface area (Å²) < 4.78 is 5.21. The number of nitrogens with one attached hydrogen (secondary N) is 3. The zero-order chi connectivity index (χ0) is 17.8. The van der Waals surface area contributed by atoms with Crippen molar-refractivity contribution in [3.05, 3.63) is 52.8 Å². The van der Waals surface area contributed by atoms with Crippen LogP contribution in [0.15, 0.2) is 46.6 Å². The summed E-state index contributed by atoms with van der Waals surface area (Å²) in [6.07, 6.45) is 4.75. The minimum absolute atomic E-state index is 0.0581. The van der Waals surface area contributed by atoms with E-state index in [0.29, 0.717) is 18.1 Å². The van der Waals surface area contributed by atoms with Gasteiger partial charge in [0.1, 0.15) is 0 Å². The number of hydrogen-bond donors (Lipinski definition) is 3. The van der Waals surface area contributed by atoms with Gasteiger partial charge in [-0.3, -0.25) is 9.78 Å². The van der Waals surface area contributed by atoms with E-state index in [0.717, 1.165) is 12.0 Å². The largest absolute Gasteiger partial charge is 0.339 e. The van der Waals surface area contributed by atoms with E-state index >= 15 is 0 Å². The van der Waals surface area contributed by atoms with Crippen molar-refractivity contribution in [2.75, 3.05) is 0 Å². The maximum absolute atomic E-state index is 12.2. The Hall–Kier alpha value is -2.62. The van der Waals surface area contributed by atoms with E-state index in [2.05, 4.69) is 37.4 Å². The molecule has 0 aromatic carbocycles. The molecule has 2 atom stereocenters. The average molecular weight is 370 g/mol. The molecular weight excluding hydrogens is 352 g/mol. The van der Waals surface area contributed by atoms with Gasteiger partial charge in [-0.2, -0.15) is 4.98 Å². The molecule has 0 aliphatic carbocycles. The molecule has 26 heavy (non-hydrogen) atoms. The standard InChI is InChI=1S/C17H18N6O2S/c24-15(19-14-9-12(21-22-14)13-4-2-8-26-13)5-6-16-20-17(23-25-16)11-3-1-7-18-10-11/h1-4,7-8,10,12,14,21-22H,5-6,9H2,(H,19,24). The summed E-state index contributed by atoms with van der Waals surface area (Å²) in [5.74, 6) is 0.860. The van der Waals surface area contributed by atoms with Crippen LogP contribution in [0.25, 0.3) is 11.4 Å². The molecular formula is C17H18N6O2S. The van der Waals surface area contributed by atoms with Gasteiger partial charge in [0.25, 0.3) is 0 Å². The molecule has 1 saturated heterocycles. The van der Waals surface area contributed by atoms with Gasteiger partial charge in [-0.15, -0.1) is 11.3 Å². The molecule has 0 bridgehead atoms. The first kappa shape index (κ1) is 16.8. The Kier molecular flexibility index (Phi) is 5.00. The normalized spacial score (nSPS) is 19.5. The Labute approximate surface area is 154 Å². The number of carbonyl (C=O) groups excluding carboxylic acids is 1. The highest BCUT2D eigenvalue weighted by atomic mass is 32.1. The quantitative estimate of drug-likeness (QED) is 0.608. The summed E-state index contributed by atoms with van der Waals surface area (Å²) in [6, 6.07) is 8.00. The molecule has 8 nitrogen and oxygen atoms in total. The van der Waals surface area contributed by atoms with Crippen LogP contribution in [0.2, 0.25) is 0 Å². The zero-order valence-electron chi connectivity index (χ0n) is 13.9. The van der Waals surface area contributed by atoms with E-state index in [4.69, 9.17) is 4.52 Å². The number of nitrogens with zero attached hydrogens (tertiary/aromatic N) is 3. The molecule has 3 aromatic heterocycles. The maximum Gasteiger partial charge on any atom is 0.227 e. The number of thiophene rings is 1. The molecule has 134 valence electrons. The minimum Gasteiger partial charge on any atom is -0.339 e. The average Bonchev–Trinajstić information content (AvgIpc) is 3.41. The number of pyridine rings is 1. The monoisotopic (exact) mass is 370 g/mol. The molecule has 3 aromatic rings. The minimum atomic E-state index is -0.0942. The first-order valence-electron chi connectivity index (χ1n) is 8.35. The number of carbonyl (C=O) groups is 1. The third-order valence-electron chi connectivity index (χ3n) is 4.08. The Bertz CT molecular complexity index is 851. The van der Waals surface area contributed by atoms with Gasteiger partial charge in [-0.25, -0.2) is 10.9 Å². The number of rotatable bonds is 6. The second-order valence-electron chi connectivity index (χ2n) is 5.97. The highest BCUT2D eigenvalue weighted by Crippen LogP contribution is 2.25. The van der Waals surface area contributed by atoms with Crippen LogP contribution in [0.1, 0.15) is 29.7 Å². The highest BCUT2D eigenvalue weighted by molar-refractivity contribution is 7.10. The van der Waals surface area contributed by atoms with Crippen LogP contribution >= 0.6 is 11.3 Å². The van der Waals surface area contributed by atoms with Crippen LogP contribution in [0.5, 0.6) is 0 Å². The fraction of sp³-hybridized carbons (Fsp3) is 0.294. The summed E-state index contributed by atoms with van der Waals surface area (Å²) in [5, 5.41) is 8.95. The first-order chi connectivity index (χ1) is 12.8. The number of aromatic nitrogens is 3. The number of aryl methyl sites for hydroxylation is 1. The van der Waals surface area contributed by atoms with Gasteiger partial charge in [-0.05, 0) is 23.6 Å². The van der Waals surface area contributed by atoms with Gasteiger partial charge in [0.15, 0.2) is 0 Å². The van der Waals surface area contributed by atoms with Gasteiger partial charge < -0.3 is 9.84 Å². The van der Waals surface area contributed by atoms with Crippen molar-refractivity contribution < 1.29 is 9.32 Å². The molecule has 1 fully saturated rings. The van der Waals surface area contributed by atoms with E-state index < -0.39 is 0 Å². The lowest BCUT2D eigenvalue weighted by Gasteiger charge is -2.11. The predicted octanol–water partition coefficient (Wildman–Crippen LogP) is 1.81. The molecule has 0 radical (unpaired) electrons. The smallest absolute Gasteiger partial charge is 0.227 e.